The fourth-order valence-electron chi connectivity index (χ4n) is 3.79. The van der Waals surface area contributed by atoms with Gasteiger partial charge >= 0.3 is 0 Å². The van der Waals surface area contributed by atoms with Gasteiger partial charge in [0, 0.05) is 36.7 Å². The number of nitrogens with two attached hydrogens (primary N) is 1. The van der Waals surface area contributed by atoms with Crippen molar-refractivity contribution in [2.45, 2.75) is 58.2 Å². The van der Waals surface area contributed by atoms with Crippen molar-refractivity contribution in [1.82, 2.24) is 9.80 Å². The van der Waals surface area contributed by atoms with Gasteiger partial charge in [-0.2, -0.15) is 0 Å². The van der Waals surface area contributed by atoms with E-state index in [1.165, 1.54) is 19.5 Å². The van der Waals surface area contributed by atoms with Gasteiger partial charge in [0.05, 0.1) is 6.10 Å². The van der Waals surface area contributed by atoms with E-state index < -0.39 is 0 Å². The highest BCUT2D eigenvalue weighted by Crippen LogP contribution is 2.50. The first kappa shape index (κ1) is 16.2. The Balaban J connectivity index is 1.99. The molecular formula is C16H33N3O. The third-order valence-corrected chi connectivity index (χ3v) is 5.68. The van der Waals surface area contributed by atoms with Crippen LogP contribution in [-0.2, 0) is 4.74 Å². The Morgan fingerprint density at radius 3 is 2.60 bits per heavy atom. The van der Waals surface area contributed by atoms with Gasteiger partial charge in [0.1, 0.15) is 0 Å². The number of rotatable bonds is 4. The molecule has 1 saturated carbocycles. The molecule has 118 valence electrons. The van der Waals surface area contributed by atoms with Gasteiger partial charge in [-0.3, -0.25) is 4.90 Å². The number of ether oxygens (including phenoxy) is 1. The van der Waals surface area contributed by atoms with E-state index in [4.69, 9.17) is 10.5 Å². The van der Waals surface area contributed by atoms with E-state index in [9.17, 15) is 0 Å². The van der Waals surface area contributed by atoms with Crippen LogP contribution in [0.15, 0.2) is 0 Å². The molecule has 1 aliphatic carbocycles. The van der Waals surface area contributed by atoms with Crippen LogP contribution in [0.3, 0.4) is 0 Å². The zero-order valence-electron chi connectivity index (χ0n) is 14.0. The first-order valence-corrected chi connectivity index (χ1v) is 8.13. The normalized spacial score (nSPS) is 39.3. The predicted molar refractivity (Wildman–Crippen MR) is 83.9 cm³/mol. The third kappa shape index (κ3) is 2.89. The summed E-state index contributed by atoms with van der Waals surface area (Å²) in [4.78, 5) is 5.02. The fraction of sp³-hybridized carbons (Fsp3) is 1.00. The topological polar surface area (TPSA) is 41.7 Å². The molecule has 0 aromatic heterocycles. The largest absolute Gasteiger partial charge is 0.378 e. The lowest BCUT2D eigenvalue weighted by Gasteiger charge is -2.60. The summed E-state index contributed by atoms with van der Waals surface area (Å²) in [5, 5.41) is 0. The molecule has 3 unspecified atom stereocenters. The van der Waals surface area contributed by atoms with Crippen LogP contribution in [0, 0.1) is 5.41 Å². The van der Waals surface area contributed by atoms with Gasteiger partial charge in [-0.05, 0) is 46.8 Å². The van der Waals surface area contributed by atoms with Crippen LogP contribution in [0.2, 0.25) is 0 Å². The van der Waals surface area contributed by atoms with Gasteiger partial charge < -0.3 is 15.4 Å². The predicted octanol–water partition coefficient (Wildman–Crippen LogP) is 1.54. The maximum absolute atomic E-state index is 6.74. The summed E-state index contributed by atoms with van der Waals surface area (Å²) < 4.78 is 5.84. The molecule has 1 saturated heterocycles. The van der Waals surface area contributed by atoms with Gasteiger partial charge in [-0.25, -0.2) is 0 Å². The molecule has 0 bridgehead atoms. The van der Waals surface area contributed by atoms with Crippen molar-refractivity contribution in [3.63, 3.8) is 0 Å². The molecule has 0 aromatic carbocycles. The second kappa shape index (κ2) is 5.91. The number of hydrogen-bond acceptors (Lipinski definition) is 4. The van der Waals surface area contributed by atoms with Crippen molar-refractivity contribution in [1.29, 1.82) is 0 Å². The van der Waals surface area contributed by atoms with Crippen LogP contribution in [0.25, 0.3) is 0 Å². The van der Waals surface area contributed by atoms with E-state index in [-0.39, 0.29) is 11.0 Å². The van der Waals surface area contributed by atoms with Crippen LogP contribution in [0.4, 0.5) is 0 Å². The molecule has 1 aliphatic heterocycles. The lowest BCUT2D eigenvalue weighted by atomic mass is 9.54. The summed E-state index contributed by atoms with van der Waals surface area (Å²) in [7, 11) is 2.22. The molecule has 2 fully saturated rings. The average Bonchev–Trinajstić information content (AvgIpc) is 2.51. The summed E-state index contributed by atoms with van der Waals surface area (Å²) >= 11 is 0. The first-order chi connectivity index (χ1) is 9.30. The van der Waals surface area contributed by atoms with Crippen molar-refractivity contribution in [2.75, 3.05) is 39.8 Å². The molecule has 4 nitrogen and oxygen atoms in total. The molecule has 0 aromatic rings. The molecule has 0 amide bonds. The monoisotopic (exact) mass is 283 g/mol. The second-order valence-electron chi connectivity index (χ2n) is 7.46. The van der Waals surface area contributed by atoms with Gasteiger partial charge in [0.15, 0.2) is 0 Å². The van der Waals surface area contributed by atoms with Crippen molar-refractivity contribution in [2.24, 2.45) is 11.1 Å². The quantitative estimate of drug-likeness (QED) is 0.850. The summed E-state index contributed by atoms with van der Waals surface area (Å²) in [6.07, 6.45) is 2.56. The summed E-state index contributed by atoms with van der Waals surface area (Å²) in [5.74, 6) is 0. The van der Waals surface area contributed by atoms with Gasteiger partial charge in [0.25, 0.3) is 0 Å². The van der Waals surface area contributed by atoms with Crippen molar-refractivity contribution in [3.05, 3.63) is 0 Å². The van der Waals surface area contributed by atoms with E-state index in [0.717, 1.165) is 26.1 Å². The third-order valence-electron chi connectivity index (χ3n) is 5.68. The second-order valence-corrected chi connectivity index (χ2v) is 7.46. The van der Waals surface area contributed by atoms with E-state index in [0.29, 0.717) is 12.1 Å². The van der Waals surface area contributed by atoms with E-state index >= 15 is 0 Å². The van der Waals surface area contributed by atoms with Crippen LogP contribution in [-0.4, -0.2) is 67.3 Å². The molecular weight excluding hydrogens is 250 g/mol. The Labute approximate surface area is 124 Å². The molecule has 20 heavy (non-hydrogen) atoms. The molecule has 2 aliphatic rings. The average molecular weight is 283 g/mol. The SMILES string of the molecule is CCOC1CC(N)(CN2CCCN(C)CC2C)C1(C)C. The van der Waals surface area contributed by atoms with E-state index in [1.54, 1.807) is 0 Å². The zero-order chi connectivity index (χ0) is 15.0. The smallest absolute Gasteiger partial charge is 0.0662 e. The Hall–Kier alpha value is -0.160. The Morgan fingerprint density at radius 1 is 1.30 bits per heavy atom. The van der Waals surface area contributed by atoms with Crippen LogP contribution in [0.1, 0.15) is 40.5 Å². The van der Waals surface area contributed by atoms with E-state index in [2.05, 4.69) is 44.5 Å². The molecule has 0 radical (unpaired) electrons. The maximum Gasteiger partial charge on any atom is 0.0662 e. The number of hydrogen-bond donors (Lipinski definition) is 1. The van der Waals surface area contributed by atoms with Crippen molar-refractivity contribution < 1.29 is 4.74 Å². The van der Waals surface area contributed by atoms with Gasteiger partial charge in [-0.15, -0.1) is 0 Å². The molecule has 3 atom stereocenters. The summed E-state index contributed by atoms with van der Waals surface area (Å²) in [6.45, 7) is 14.2. The lowest BCUT2D eigenvalue weighted by Crippen LogP contribution is -2.74. The minimum Gasteiger partial charge on any atom is -0.378 e. The van der Waals surface area contributed by atoms with Crippen LogP contribution in [0.5, 0.6) is 0 Å². The summed E-state index contributed by atoms with van der Waals surface area (Å²) in [5.41, 5.74) is 6.71. The Kier molecular flexibility index (Phi) is 4.80. The van der Waals surface area contributed by atoms with Crippen molar-refractivity contribution in [3.8, 4) is 0 Å². The zero-order valence-corrected chi connectivity index (χ0v) is 14.0. The van der Waals surface area contributed by atoms with E-state index in [1.807, 2.05) is 0 Å². The van der Waals surface area contributed by atoms with Gasteiger partial charge in [-0.1, -0.05) is 13.8 Å². The highest BCUT2D eigenvalue weighted by Gasteiger charge is 2.59. The maximum atomic E-state index is 6.74. The molecule has 0 spiro atoms. The fourth-order valence-corrected chi connectivity index (χ4v) is 3.79. The minimum absolute atomic E-state index is 0.0704. The highest BCUT2D eigenvalue weighted by atomic mass is 16.5. The van der Waals surface area contributed by atoms with Crippen LogP contribution < -0.4 is 5.73 Å². The number of nitrogens with zero attached hydrogens (tertiary/aromatic N) is 2. The lowest BCUT2D eigenvalue weighted by molar-refractivity contribution is -0.158. The Morgan fingerprint density at radius 2 is 2.00 bits per heavy atom. The Bertz CT molecular complexity index is 334. The molecule has 2 N–H and O–H groups in total. The number of likely N-dealkylation sites (N-methyl/N-ethyl adjacent to an activating group) is 1. The van der Waals surface area contributed by atoms with Crippen molar-refractivity contribution >= 4 is 0 Å². The molecule has 4 heteroatoms. The summed E-state index contributed by atoms with van der Waals surface area (Å²) in [6, 6.07) is 0.588. The molecule has 1 heterocycles. The molecule has 2 rings (SSSR count). The highest BCUT2D eigenvalue weighted by molar-refractivity contribution is 5.15. The van der Waals surface area contributed by atoms with Gasteiger partial charge in [0.2, 0.25) is 0 Å². The standard InChI is InChI=1S/C16H33N3O/c1-6-20-14-10-16(17,15(14,3)4)12-19-9-7-8-18(5)11-13(19)2/h13-14H,6-12,17H2,1-5H3. The van der Waals surface area contributed by atoms with Crippen LogP contribution >= 0.6 is 0 Å². The minimum atomic E-state index is -0.107. The first-order valence-electron chi connectivity index (χ1n) is 8.13.